The molecule has 3 aromatic rings. The molecule has 1 fully saturated rings. The molecule has 1 aliphatic rings. The molecule has 0 radical (unpaired) electrons. The number of aromatic nitrogens is 2. The van der Waals surface area contributed by atoms with Crippen molar-refractivity contribution in [1.82, 2.24) is 14.5 Å². The highest BCUT2D eigenvalue weighted by atomic mass is 35.5. The fourth-order valence-corrected chi connectivity index (χ4v) is 3.56. The van der Waals surface area contributed by atoms with Crippen molar-refractivity contribution in [2.24, 2.45) is 0 Å². The zero-order chi connectivity index (χ0) is 21.3. The van der Waals surface area contributed by atoms with E-state index < -0.39 is 23.0 Å². The third kappa shape index (κ3) is 3.88. The van der Waals surface area contributed by atoms with Crippen LogP contribution in [0.25, 0.3) is 0 Å². The minimum atomic E-state index is -0.673. The second kappa shape index (κ2) is 8.19. The summed E-state index contributed by atoms with van der Waals surface area (Å²) in [5.74, 6) is -0.516. The average Bonchev–Trinajstić information content (AvgIpc) is 3.26. The number of hydrogen-bond acceptors (Lipinski definition) is 5. The van der Waals surface area contributed by atoms with E-state index in [0.29, 0.717) is 31.9 Å². The Morgan fingerprint density at radius 1 is 1.17 bits per heavy atom. The Morgan fingerprint density at radius 2 is 1.93 bits per heavy atom. The molecule has 3 heterocycles. The molecule has 0 spiro atoms. The van der Waals surface area contributed by atoms with E-state index in [1.165, 1.54) is 12.3 Å². The summed E-state index contributed by atoms with van der Waals surface area (Å²) in [7, 11) is 0. The molecule has 1 N–H and O–H groups in total. The number of hydrogen-bond donors (Lipinski definition) is 1. The van der Waals surface area contributed by atoms with Gasteiger partial charge in [0.1, 0.15) is 17.1 Å². The molecule has 0 saturated carbocycles. The van der Waals surface area contributed by atoms with Crippen molar-refractivity contribution in [2.45, 2.75) is 6.54 Å². The predicted octanol–water partition coefficient (Wildman–Crippen LogP) is 1.93. The van der Waals surface area contributed by atoms with Gasteiger partial charge in [-0.3, -0.25) is 14.2 Å². The van der Waals surface area contributed by atoms with Gasteiger partial charge in [-0.15, -0.1) is 0 Å². The SMILES string of the molecule is O=C(c1c[nH]c(=O)n(Cc2ccco2)c1=O)N1CCN(c2ccc(F)c(Cl)c2)CC1. The lowest BCUT2D eigenvalue weighted by Crippen LogP contribution is -2.50. The first kappa shape index (κ1) is 20.0. The topological polar surface area (TPSA) is 91.5 Å². The number of nitrogens with one attached hydrogen (secondary N) is 1. The molecule has 0 unspecified atom stereocenters. The maximum absolute atomic E-state index is 13.4. The number of aromatic amines is 1. The number of carbonyl (C=O) groups excluding carboxylic acids is 1. The molecular formula is C20H18ClFN4O4. The maximum Gasteiger partial charge on any atom is 0.328 e. The zero-order valence-corrected chi connectivity index (χ0v) is 16.6. The fraction of sp³-hybridized carbons (Fsp3) is 0.250. The number of H-pyrrole nitrogens is 1. The first-order chi connectivity index (χ1) is 14.4. The molecule has 156 valence electrons. The Morgan fingerprint density at radius 3 is 2.60 bits per heavy atom. The number of anilines is 1. The van der Waals surface area contributed by atoms with Gasteiger partial charge in [-0.25, -0.2) is 9.18 Å². The molecule has 1 aromatic carbocycles. The summed E-state index contributed by atoms with van der Waals surface area (Å²) in [5.41, 5.74) is -0.642. The van der Waals surface area contributed by atoms with E-state index in [9.17, 15) is 18.8 Å². The van der Waals surface area contributed by atoms with Gasteiger partial charge in [0.15, 0.2) is 0 Å². The normalized spacial score (nSPS) is 14.2. The summed E-state index contributed by atoms with van der Waals surface area (Å²) >= 11 is 5.85. The number of amides is 1. The highest BCUT2D eigenvalue weighted by Crippen LogP contribution is 2.23. The summed E-state index contributed by atoms with van der Waals surface area (Å²) in [5, 5.41) is 0.0383. The van der Waals surface area contributed by atoms with Crippen LogP contribution in [0, 0.1) is 5.82 Å². The Labute approximate surface area is 175 Å². The predicted molar refractivity (Wildman–Crippen MR) is 109 cm³/mol. The van der Waals surface area contributed by atoms with E-state index in [1.54, 1.807) is 29.2 Å². The third-order valence-corrected chi connectivity index (χ3v) is 5.31. The standard InChI is InChI=1S/C20H18ClFN4O4/c21-16-10-13(3-4-17(16)22)24-5-7-25(8-6-24)18(27)15-11-23-20(29)26(19(15)28)12-14-2-1-9-30-14/h1-4,9-11H,5-8,12H2,(H,23,29). The van der Waals surface area contributed by atoms with E-state index in [1.807, 2.05) is 4.90 Å². The van der Waals surface area contributed by atoms with Gasteiger partial charge >= 0.3 is 5.69 Å². The first-order valence-corrected chi connectivity index (χ1v) is 9.66. The van der Waals surface area contributed by atoms with Gasteiger partial charge in [0, 0.05) is 38.1 Å². The van der Waals surface area contributed by atoms with E-state index in [2.05, 4.69) is 4.98 Å². The Balaban J connectivity index is 1.50. The van der Waals surface area contributed by atoms with Crippen LogP contribution >= 0.6 is 11.6 Å². The smallest absolute Gasteiger partial charge is 0.328 e. The van der Waals surface area contributed by atoms with Crippen molar-refractivity contribution in [3.8, 4) is 0 Å². The van der Waals surface area contributed by atoms with Crippen molar-refractivity contribution in [2.75, 3.05) is 31.1 Å². The second-order valence-electron chi connectivity index (χ2n) is 6.86. The van der Waals surface area contributed by atoms with Gasteiger partial charge in [-0.2, -0.15) is 0 Å². The lowest BCUT2D eigenvalue weighted by atomic mass is 10.2. The van der Waals surface area contributed by atoms with Gasteiger partial charge in [0.25, 0.3) is 11.5 Å². The highest BCUT2D eigenvalue weighted by molar-refractivity contribution is 6.31. The number of halogens is 2. The van der Waals surface area contributed by atoms with Gasteiger partial charge in [-0.1, -0.05) is 11.6 Å². The molecule has 1 amide bonds. The highest BCUT2D eigenvalue weighted by Gasteiger charge is 2.25. The van der Waals surface area contributed by atoms with Crippen LogP contribution < -0.4 is 16.1 Å². The summed E-state index contributed by atoms with van der Waals surface area (Å²) < 4.78 is 19.5. The van der Waals surface area contributed by atoms with Crippen molar-refractivity contribution in [3.05, 3.63) is 85.8 Å². The van der Waals surface area contributed by atoms with Crippen LogP contribution in [0.3, 0.4) is 0 Å². The van der Waals surface area contributed by atoms with E-state index >= 15 is 0 Å². The van der Waals surface area contributed by atoms with Crippen LogP contribution in [0.5, 0.6) is 0 Å². The van der Waals surface area contributed by atoms with E-state index in [-0.39, 0.29) is 17.1 Å². The molecular weight excluding hydrogens is 415 g/mol. The minimum absolute atomic E-state index is 0.0383. The van der Waals surface area contributed by atoms with E-state index in [4.69, 9.17) is 16.0 Å². The minimum Gasteiger partial charge on any atom is -0.467 e. The van der Waals surface area contributed by atoms with Crippen molar-refractivity contribution in [1.29, 1.82) is 0 Å². The van der Waals surface area contributed by atoms with Crippen LogP contribution in [0.4, 0.5) is 10.1 Å². The molecule has 2 aromatic heterocycles. The summed E-state index contributed by atoms with van der Waals surface area (Å²) in [6.45, 7) is 1.66. The lowest BCUT2D eigenvalue weighted by molar-refractivity contribution is 0.0743. The van der Waals surface area contributed by atoms with Crippen LogP contribution in [-0.4, -0.2) is 46.5 Å². The molecule has 30 heavy (non-hydrogen) atoms. The molecule has 10 heteroatoms. The van der Waals surface area contributed by atoms with Gasteiger partial charge in [-0.05, 0) is 30.3 Å². The monoisotopic (exact) mass is 432 g/mol. The van der Waals surface area contributed by atoms with Gasteiger partial charge in [0.2, 0.25) is 0 Å². The molecule has 0 bridgehead atoms. The lowest BCUT2D eigenvalue weighted by Gasteiger charge is -2.36. The Hall–Kier alpha value is -3.33. The van der Waals surface area contributed by atoms with Crippen molar-refractivity contribution >= 4 is 23.2 Å². The number of benzene rings is 1. The van der Waals surface area contributed by atoms with Crippen molar-refractivity contribution in [3.63, 3.8) is 0 Å². The largest absolute Gasteiger partial charge is 0.467 e. The zero-order valence-electron chi connectivity index (χ0n) is 15.8. The van der Waals surface area contributed by atoms with Gasteiger partial charge in [0.05, 0.1) is 17.8 Å². The third-order valence-electron chi connectivity index (χ3n) is 5.02. The summed E-state index contributed by atoms with van der Waals surface area (Å²) in [6.07, 6.45) is 2.59. The van der Waals surface area contributed by atoms with Crippen molar-refractivity contribution < 1.29 is 13.6 Å². The molecule has 0 atom stereocenters. The molecule has 1 saturated heterocycles. The molecule has 0 aliphatic carbocycles. The second-order valence-corrected chi connectivity index (χ2v) is 7.26. The summed E-state index contributed by atoms with van der Waals surface area (Å²) in [6, 6.07) is 7.77. The number of carbonyl (C=O) groups is 1. The number of piperazine rings is 1. The fourth-order valence-electron chi connectivity index (χ4n) is 3.39. The Kier molecular flexibility index (Phi) is 5.45. The number of furan rings is 1. The maximum atomic E-state index is 13.4. The van der Waals surface area contributed by atoms with E-state index in [0.717, 1.165) is 16.5 Å². The van der Waals surface area contributed by atoms with Crippen LogP contribution in [0.2, 0.25) is 5.02 Å². The Bertz CT molecular complexity index is 1180. The molecule has 8 nitrogen and oxygen atoms in total. The quantitative estimate of drug-likeness (QED) is 0.680. The number of rotatable bonds is 4. The molecule has 4 rings (SSSR count). The first-order valence-electron chi connectivity index (χ1n) is 9.28. The van der Waals surface area contributed by atoms with Crippen LogP contribution in [0.15, 0.2) is 56.8 Å². The summed E-state index contributed by atoms with van der Waals surface area (Å²) in [4.78, 5) is 43.7. The molecule has 1 aliphatic heterocycles. The van der Waals surface area contributed by atoms with Crippen LogP contribution in [0.1, 0.15) is 16.1 Å². The number of nitrogens with zero attached hydrogens (tertiary/aromatic N) is 3. The average molecular weight is 433 g/mol. The van der Waals surface area contributed by atoms with Crippen LogP contribution in [-0.2, 0) is 6.54 Å². The van der Waals surface area contributed by atoms with Gasteiger partial charge < -0.3 is 19.2 Å².